The molecular formula is C16H22F3N. The molecule has 0 aromatic heterocycles. The molecule has 1 aromatic rings. The highest BCUT2D eigenvalue weighted by atomic mass is 19.4. The maximum atomic E-state index is 13.0. The van der Waals surface area contributed by atoms with E-state index in [4.69, 9.17) is 5.73 Å². The molecule has 0 spiro atoms. The van der Waals surface area contributed by atoms with E-state index in [2.05, 4.69) is 6.92 Å². The molecule has 1 atom stereocenters. The van der Waals surface area contributed by atoms with E-state index < -0.39 is 17.8 Å². The molecule has 0 saturated heterocycles. The second kappa shape index (κ2) is 6.17. The Labute approximate surface area is 118 Å². The van der Waals surface area contributed by atoms with Gasteiger partial charge in [0.05, 0.1) is 5.56 Å². The van der Waals surface area contributed by atoms with Crippen LogP contribution in [0.25, 0.3) is 0 Å². The van der Waals surface area contributed by atoms with Crippen molar-refractivity contribution in [2.45, 2.75) is 51.2 Å². The van der Waals surface area contributed by atoms with Gasteiger partial charge in [0.2, 0.25) is 0 Å². The maximum Gasteiger partial charge on any atom is 0.416 e. The van der Waals surface area contributed by atoms with Crippen molar-refractivity contribution in [3.05, 3.63) is 35.4 Å². The van der Waals surface area contributed by atoms with E-state index in [9.17, 15) is 13.2 Å². The minimum Gasteiger partial charge on any atom is -0.324 e. The number of halogens is 3. The van der Waals surface area contributed by atoms with Crippen LogP contribution in [0.3, 0.4) is 0 Å². The molecule has 0 radical (unpaired) electrons. The molecule has 1 aromatic carbocycles. The van der Waals surface area contributed by atoms with Crippen LogP contribution in [0.2, 0.25) is 0 Å². The van der Waals surface area contributed by atoms with E-state index >= 15 is 0 Å². The van der Waals surface area contributed by atoms with E-state index in [0.29, 0.717) is 0 Å². The number of rotatable bonds is 3. The Morgan fingerprint density at radius 3 is 2.30 bits per heavy atom. The van der Waals surface area contributed by atoms with Crippen LogP contribution in [0.1, 0.15) is 56.2 Å². The summed E-state index contributed by atoms with van der Waals surface area (Å²) in [6.07, 6.45) is 0.875. The first-order chi connectivity index (χ1) is 9.43. The molecule has 0 bridgehead atoms. The Morgan fingerprint density at radius 1 is 1.15 bits per heavy atom. The fraction of sp³-hybridized carbons (Fsp3) is 0.625. The SMILES string of the molecule is CCC1CCC(C(N)c2ccccc2C(F)(F)F)CC1. The fourth-order valence-corrected chi connectivity index (χ4v) is 3.26. The average molecular weight is 285 g/mol. The number of benzene rings is 1. The van der Waals surface area contributed by atoms with E-state index in [-0.39, 0.29) is 11.5 Å². The molecule has 0 amide bonds. The third-order valence-corrected chi connectivity index (χ3v) is 4.60. The monoisotopic (exact) mass is 285 g/mol. The second-order valence-electron chi connectivity index (χ2n) is 5.80. The van der Waals surface area contributed by atoms with E-state index in [1.165, 1.54) is 12.1 Å². The molecule has 1 aliphatic carbocycles. The summed E-state index contributed by atoms with van der Waals surface area (Å²) in [4.78, 5) is 0. The Bertz CT molecular complexity index is 434. The van der Waals surface area contributed by atoms with Crippen molar-refractivity contribution in [1.29, 1.82) is 0 Å². The Kier molecular flexibility index (Phi) is 4.74. The van der Waals surface area contributed by atoms with Gasteiger partial charge in [-0.25, -0.2) is 0 Å². The maximum absolute atomic E-state index is 13.0. The van der Waals surface area contributed by atoms with Crippen molar-refractivity contribution in [1.82, 2.24) is 0 Å². The average Bonchev–Trinajstić information content (AvgIpc) is 2.46. The smallest absolute Gasteiger partial charge is 0.324 e. The highest BCUT2D eigenvalue weighted by Gasteiger charge is 2.36. The Morgan fingerprint density at radius 2 is 1.75 bits per heavy atom. The molecule has 1 aliphatic rings. The zero-order valence-electron chi connectivity index (χ0n) is 11.8. The number of hydrogen-bond acceptors (Lipinski definition) is 1. The highest BCUT2D eigenvalue weighted by molar-refractivity contribution is 5.32. The number of nitrogens with two attached hydrogens (primary N) is 1. The zero-order chi connectivity index (χ0) is 14.8. The van der Waals surface area contributed by atoms with Gasteiger partial charge in [-0.05, 0) is 36.3 Å². The first-order valence-electron chi connectivity index (χ1n) is 7.35. The third kappa shape index (κ3) is 3.35. The van der Waals surface area contributed by atoms with Gasteiger partial charge in [0.25, 0.3) is 0 Å². The summed E-state index contributed by atoms with van der Waals surface area (Å²) in [6, 6.07) is 5.21. The van der Waals surface area contributed by atoms with E-state index in [1.807, 2.05) is 0 Å². The molecule has 112 valence electrons. The van der Waals surface area contributed by atoms with Crippen molar-refractivity contribution in [2.24, 2.45) is 17.6 Å². The van der Waals surface area contributed by atoms with Gasteiger partial charge in [-0.2, -0.15) is 13.2 Å². The molecule has 2 N–H and O–H groups in total. The lowest BCUT2D eigenvalue weighted by atomic mass is 9.75. The largest absolute Gasteiger partial charge is 0.416 e. The number of hydrogen-bond donors (Lipinski definition) is 1. The van der Waals surface area contributed by atoms with Crippen molar-refractivity contribution >= 4 is 0 Å². The highest BCUT2D eigenvalue weighted by Crippen LogP contribution is 2.40. The lowest BCUT2D eigenvalue weighted by Crippen LogP contribution is -2.28. The predicted molar refractivity (Wildman–Crippen MR) is 74.1 cm³/mol. The molecule has 0 heterocycles. The minimum atomic E-state index is -4.32. The van der Waals surface area contributed by atoms with Crippen molar-refractivity contribution in [3.8, 4) is 0 Å². The van der Waals surface area contributed by atoms with Crippen LogP contribution < -0.4 is 5.73 Å². The first-order valence-corrected chi connectivity index (χ1v) is 7.35. The molecule has 20 heavy (non-hydrogen) atoms. The summed E-state index contributed by atoms with van der Waals surface area (Å²) in [5.41, 5.74) is 5.83. The lowest BCUT2D eigenvalue weighted by Gasteiger charge is -2.32. The summed E-state index contributed by atoms with van der Waals surface area (Å²) in [5.74, 6) is 0.887. The molecule has 1 nitrogen and oxygen atoms in total. The Hall–Kier alpha value is -1.03. The molecule has 4 heteroatoms. The minimum absolute atomic E-state index is 0.168. The molecular weight excluding hydrogens is 263 g/mol. The van der Waals surface area contributed by atoms with E-state index in [0.717, 1.165) is 44.1 Å². The van der Waals surface area contributed by atoms with Gasteiger partial charge in [-0.3, -0.25) is 0 Å². The van der Waals surface area contributed by atoms with Gasteiger partial charge in [0.15, 0.2) is 0 Å². The first kappa shape index (κ1) is 15.4. The Balaban J connectivity index is 2.16. The molecule has 1 unspecified atom stereocenters. The third-order valence-electron chi connectivity index (χ3n) is 4.60. The lowest BCUT2D eigenvalue weighted by molar-refractivity contribution is -0.138. The zero-order valence-corrected chi connectivity index (χ0v) is 11.8. The molecule has 0 aliphatic heterocycles. The van der Waals surface area contributed by atoms with Crippen LogP contribution in [0.15, 0.2) is 24.3 Å². The molecule has 1 fully saturated rings. The van der Waals surface area contributed by atoms with Crippen molar-refractivity contribution in [3.63, 3.8) is 0 Å². The number of alkyl halides is 3. The van der Waals surface area contributed by atoms with Crippen molar-refractivity contribution in [2.75, 3.05) is 0 Å². The van der Waals surface area contributed by atoms with Crippen LogP contribution in [-0.4, -0.2) is 0 Å². The standard InChI is InChI=1S/C16H22F3N/c1-2-11-7-9-12(10-8-11)15(20)13-5-3-4-6-14(13)16(17,18)19/h3-6,11-12,15H,2,7-10,20H2,1H3. The normalized spacial score (nSPS) is 25.4. The summed E-state index contributed by atoms with van der Waals surface area (Å²) in [6.45, 7) is 2.17. The van der Waals surface area contributed by atoms with Gasteiger partial charge in [-0.15, -0.1) is 0 Å². The summed E-state index contributed by atoms with van der Waals surface area (Å²) in [7, 11) is 0. The van der Waals surface area contributed by atoms with Crippen LogP contribution in [-0.2, 0) is 6.18 Å². The van der Waals surface area contributed by atoms with Gasteiger partial charge in [-0.1, -0.05) is 44.4 Å². The summed E-state index contributed by atoms with van der Waals surface area (Å²) in [5, 5.41) is 0. The fourth-order valence-electron chi connectivity index (χ4n) is 3.26. The van der Waals surface area contributed by atoms with Gasteiger partial charge in [0.1, 0.15) is 0 Å². The van der Waals surface area contributed by atoms with Gasteiger partial charge < -0.3 is 5.73 Å². The van der Waals surface area contributed by atoms with Crippen LogP contribution >= 0.6 is 0 Å². The van der Waals surface area contributed by atoms with Crippen LogP contribution in [0.5, 0.6) is 0 Å². The van der Waals surface area contributed by atoms with Gasteiger partial charge in [0, 0.05) is 6.04 Å². The predicted octanol–water partition coefficient (Wildman–Crippen LogP) is 4.92. The summed E-state index contributed by atoms with van der Waals surface area (Å²) >= 11 is 0. The van der Waals surface area contributed by atoms with Crippen molar-refractivity contribution < 1.29 is 13.2 Å². The summed E-state index contributed by atoms with van der Waals surface area (Å²) < 4.78 is 39.1. The topological polar surface area (TPSA) is 26.0 Å². The van der Waals surface area contributed by atoms with Crippen LogP contribution in [0.4, 0.5) is 13.2 Å². The molecule has 2 rings (SSSR count). The van der Waals surface area contributed by atoms with Crippen LogP contribution in [0, 0.1) is 11.8 Å². The molecule has 1 saturated carbocycles. The second-order valence-corrected chi connectivity index (χ2v) is 5.80. The van der Waals surface area contributed by atoms with Gasteiger partial charge >= 0.3 is 6.18 Å². The van der Waals surface area contributed by atoms with E-state index in [1.54, 1.807) is 6.07 Å². The quantitative estimate of drug-likeness (QED) is 0.838.